The molecule has 80 valence electrons. The van der Waals surface area contributed by atoms with Crippen LogP contribution < -0.4 is 10.9 Å². The molecule has 15 heavy (non-hydrogen) atoms. The molecule has 0 saturated heterocycles. The second-order valence-corrected chi connectivity index (χ2v) is 2.97. The SMILES string of the molecule is CC#CCCNc1nccn(CC)c1=O. The molecule has 4 heteroatoms. The highest BCUT2D eigenvalue weighted by Gasteiger charge is 2.01. The van der Waals surface area contributed by atoms with Gasteiger partial charge in [-0.1, -0.05) is 0 Å². The van der Waals surface area contributed by atoms with E-state index in [9.17, 15) is 4.79 Å². The molecule has 0 atom stereocenters. The van der Waals surface area contributed by atoms with E-state index in [4.69, 9.17) is 0 Å². The highest BCUT2D eigenvalue weighted by Crippen LogP contribution is 1.92. The quantitative estimate of drug-likeness (QED) is 0.591. The lowest BCUT2D eigenvalue weighted by Gasteiger charge is -2.05. The van der Waals surface area contributed by atoms with Crippen LogP contribution in [0.4, 0.5) is 5.82 Å². The minimum Gasteiger partial charge on any atom is -0.365 e. The van der Waals surface area contributed by atoms with E-state index < -0.39 is 0 Å². The van der Waals surface area contributed by atoms with Gasteiger partial charge in [0.05, 0.1) is 0 Å². The molecule has 0 radical (unpaired) electrons. The fourth-order valence-electron chi connectivity index (χ4n) is 1.19. The standard InChI is InChI=1S/C11H15N3O/c1-3-5-6-7-12-10-11(15)14(4-2)9-8-13-10/h8-9H,4,6-7H2,1-2H3,(H,12,13). The monoisotopic (exact) mass is 205 g/mol. The molecule has 4 nitrogen and oxygen atoms in total. The Morgan fingerprint density at radius 2 is 2.40 bits per heavy atom. The van der Waals surface area contributed by atoms with Crippen LogP contribution in [0.3, 0.4) is 0 Å². The Morgan fingerprint density at radius 1 is 1.60 bits per heavy atom. The van der Waals surface area contributed by atoms with Gasteiger partial charge in [-0.3, -0.25) is 4.79 Å². The summed E-state index contributed by atoms with van der Waals surface area (Å²) in [5.74, 6) is 6.12. The first-order valence-electron chi connectivity index (χ1n) is 4.98. The first-order chi connectivity index (χ1) is 7.29. The highest BCUT2D eigenvalue weighted by atomic mass is 16.1. The smallest absolute Gasteiger partial charge is 0.293 e. The van der Waals surface area contributed by atoms with E-state index in [0.717, 1.165) is 6.42 Å². The third kappa shape index (κ3) is 3.13. The summed E-state index contributed by atoms with van der Waals surface area (Å²) in [5, 5.41) is 2.98. The number of aryl methyl sites for hydroxylation is 1. The van der Waals surface area contributed by atoms with Gasteiger partial charge in [-0.15, -0.1) is 11.8 Å². The summed E-state index contributed by atoms with van der Waals surface area (Å²) in [6.07, 6.45) is 4.02. The van der Waals surface area contributed by atoms with Gasteiger partial charge in [0, 0.05) is 31.9 Å². The van der Waals surface area contributed by atoms with Crippen LogP contribution in [-0.2, 0) is 6.54 Å². The molecule has 0 fully saturated rings. The van der Waals surface area contributed by atoms with Gasteiger partial charge in [-0.25, -0.2) is 4.98 Å². The van der Waals surface area contributed by atoms with Gasteiger partial charge in [0.15, 0.2) is 5.82 Å². The Morgan fingerprint density at radius 3 is 3.07 bits per heavy atom. The van der Waals surface area contributed by atoms with Gasteiger partial charge in [-0.2, -0.15) is 0 Å². The van der Waals surface area contributed by atoms with E-state index in [1.807, 2.05) is 6.92 Å². The Labute approximate surface area is 89.3 Å². The summed E-state index contributed by atoms with van der Waals surface area (Å²) in [4.78, 5) is 15.7. The van der Waals surface area contributed by atoms with Gasteiger partial charge in [0.2, 0.25) is 0 Å². The second-order valence-electron chi connectivity index (χ2n) is 2.97. The van der Waals surface area contributed by atoms with Crippen molar-refractivity contribution in [3.05, 3.63) is 22.7 Å². The first-order valence-corrected chi connectivity index (χ1v) is 4.98. The molecule has 0 spiro atoms. The van der Waals surface area contributed by atoms with Gasteiger partial charge in [-0.05, 0) is 13.8 Å². The molecule has 0 aliphatic carbocycles. The van der Waals surface area contributed by atoms with Crippen LogP contribution in [0.15, 0.2) is 17.2 Å². The maximum absolute atomic E-state index is 11.7. The average Bonchev–Trinajstić information content (AvgIpc) is 2.26. The van der Waals surface area contributed by atoms with Crippen LogP contribution in [0.5, 0.6) is 0 Å². The maximum atomic E-state index is 11.7. The fraction of sp³-hybridized carbons (Fsp3) is 0.455. The molecule has 1 rings (SSSR count). The van der Waals surface area contributed by atoms with Gasteiger partial charge in [0.25, 0.3) is 5.56 Å². The molecule has 0 aliphatic heterocycles. The molecule has 0 saturated carbocycles. The lowest BCUT2D eigenvalue weighted by Crippen LogP contribution is -2.23. The third-order valence-electron chi connectivity index (χ3n) is 1.97. The Hall–Kier alpha value is -1.76. The topological polar surface area (TPSA) is 46.9 Å². The van der Waals surface area contributed by atoms with Gasteiger partial charge < -0.3 is 9.88 Å². The zero-order valence-corrected chi connectivity index (χ0v) is 9.08. The zero-order chi connectivity index (χ0) is 11.1. The van der Waals surface area contributed by atoms with E-state index in [2.05, 4.69) is 22.1 Å². The normalized spacial score (nSPS) is 9.20. The van der Waals surface area contributed by atoms with Crippen LogP contribution in [0.1, 0.15) is 20.3 Å². The fourth-order valence-corrected chi connectivity index (χ4v) is 1.19. The largest absolute Gasteiger partial charge is 0.365 e. The molecule has 0 bridgehead atoms. The molecule has 0 aliphatic rings. The highest BCUT2D eigenvalue weighted by molar-refractivity contribution is 5.30. The molecule has 1 heterocycles. The van der Waals surface area contributed by atoms with E-state index >= 15 is 0 Å². The predicted molar refractivity (Wildman–Crippen MR) is 60.7 cm³/mol. The van der Waals surface area contributed by atoms with Crippen LogP contribution >= 0.6 is 0 Å². The first kappa shape index (κ1) is 11.3. The van der Waals surface area contributed by atoms with Crippen molar-refractivity contribution in [3.63, 3.8) is 0 Å². The molecule has 1 aromatic heterocycles. The van der Waals surface area contributed by atoms with E-state index in [-0.39, 0.29) is 5.56 Å². The number of aromatic nitrogens is 2. The van der Waals surface area contributed by atoms with Crippen molar-refractivity contribution in [2.24, 2.45) is 0 Å². The van der Waals surface area contributed by atoms with Crippen LogP contribution in [-0.4, -0.2) is 16.1 Å². The van der Waals surface area contributed by atoms with Crippen molar-refractivity contribution in [1.82, 2.24) is 9.55 Å². The summed E-state index contributed by atoms with van der Waals surface area (Å²) >= 11 is 0. The maximum Gasteiger partial charge on any atom is 0.293 e. The lowest BCUT2D eigenvalue weighted by atomic mass is 10.4. The minimum absolute atomic E-state index is 0.0792. The number of nitrogens with one attached hydrogen (secondary N) is 1. The van der Waals surface area contributed by atoms with Crippen LogP contribution in [0.2, 0.25) is 0 Å². The van der Waals surface area contributed by atoms with E-state index in [0.29, 0.717) is 18.9 Å². The van der Waals surface area contributed by atoms with E-state index in [1.165, 1.54) is 0 Å². The Kier molecular flexibility index (Phi) is 4.42. The predicted octanol–water partition coefficient (Wildman–Crippen LogP) is 1.09. The molecular formula is C11H15N3O. The summed E-state index contributed by atoms with van der Waals surface area (Å²) < 4.78 is 1.61. The molecular weight excluding hydrogens is 190 g/mol. The van der Waals surface area contributed by atoms with Crippen LogP contribution in [0, 0.1) is 11.8 Å². The lowest BCUT2D eigenvalue weighted by molar-refractivity contribution is 0.718. The van der Waals surface area contributed by atoms with Gasteiger partial charge in [0.1, 0.15) is 0 Å². The van der Waals surface area contributed by atoms with Crippen molar-refractivity contribution in [3.8, 4) is 11.8 Å². The van der Waals surface area contributed by atoms with Crippen molar-refractivity contribution < 1.29 is 0 Å². The van der Waals surface area contributed by atoms with Crippen molar-refractivity contribution >= 4 is 5.82 Å². The molecule has 0 amide bonds. The van der Waals surface area contributed by atoms with Crippen molar-refractivity contribution in [1.29, 1.82) is 0 Å². The number of nitrogens with zero attached hydrogens (tertiary/aromatic N) is 2. The average molecular weight is 205 g/mol. The molecule has 0 unspecified atom stereocenters. The Balaban J connectivity index is 2.68. The summed E-state index contributed by atoms with van der Waals surface area (Å²) in [6, 6.07) is 0. The number of hydrogen-bond acceptors (Lipinski definition) is 3. The third-order valence-corrected chi connectivity index (χ3v) is 1.97. The number of anilines is 1. The summed E-state index contributed by atoms with van der Waals surface area (Å²) in [7, 11) is 0. The summed E-state index contributed by atoms with van der Waals surface area (Å²) in [5.41, 5.74) is -0.0792. The van der Waals surface area contributed by atoms with Gasteiger partial charge >= 0.3 is 0 Å². The number of hydrogen-bond donors (Lipinski definition) is 1. The molecule has 0 aromatic carbocycles. The number of rotatable bonds is 4. The zero-order valence-electron chi connectivity index (χ0n) is 9.08. The molecule has 1 N–H and O–H groups in total. The van der Waals surface area contributed by atoms with Crippen molar-refractivity contribution in [2.45, 2.75) is 26.8 Å². The van der Waals surface area contributed by atoms with Crippen molar-refractivity contribution in [2.75, 3.05) is 11.9 Å². The minimum atomic E-state index is -0.0792. The molecule has 1 aromatic rings. The second kappa shape index (κ2) is 5.86. The summed E-state index contributed by atoms with van der Waals surface area (Å²) in [6.45, 7) is 5.03. The Bertz CT molecular complexity index is 425. The van der Waals surface area contributed by atoms with Crippen LogP contribution in [0.25, 0.3) is 0 Å². The van der Waals surface area contributed by atoms with E-state index in [1.54, 1.807) is 23.9 Å².